The summed E-state index contributed by atoms with van der Waals surface area (Å²) in [4.78, 5) is 43.1. The van der Waals surface area contributed by atoms with Crippen molar-refractivity contribution >= 4 is 15.6 Å². The second-order valence-corrected chi connectivity index (χ2v) is 8.39. The Hall–Kier alpha value is 0.220. The van der Waals surface area contributed by atoms with Gasteiger partial charge in [0.05, 0.1) is 0 Å². The molecule has 0 aromatic heterocycles. The Morgan fingerprint density at radius 2 is 0.808 bits per heavy atom. The molecule has 2 atom stereocenters. The number of hydrogen-bond acceptors (Lipinski definition) is 2. The molecule has 26 heavy (non-hydrogen) atoms. The average Bonchev–Trinajstić information content (AvgIpc) is 2.47. The van der Waals surface area contributed by atoms with E-state index in [1.165, 1.54) is 51.4 Å². The van der Waals surface area contributed by atoms with Crippen LogP contribution >= 0.6 is 15.6 Å². The van der Waals surface area contributed by atoms with E-state index in [2.05, 4.69) is 41.5 Å². The summed E-state index contributed by atoms with van der Waals surface area (Å²) in [5, 5.41) is 0. The molecule has 0 rings (SSSR count). The Labute approximate surface area is 159 Å². The third-order valence-corrected chi connectivity index (χ3v) is 3.49. The van der Waals surface area contributed by atoms with E-state index in [4.69, 9.17) is 38.5 Å². The van der Waals surface area contributed by atoms with Gasteiger partial charge in [0, 0.05) is 0 Å². The van der Waals surface area contributed by atoms with Gasteiger partial charge >= 0.3 is 15.6 Å². The number of hydrogen-bond donors (Lipinski definition) is 6. The molecule has 0 spiro atoms. The molecule has 0 aliphatic carbocycles. The summed E-state index contributed by atoms with van der Waals surface area (Å²) >= 11 is 0. The van der Waals surface area contributed by atoms with Gasteiger partial charge < -0.3 is 29.4 Å². The molecule has 0 aliphatic heterocycles. The third-order valence-electron chi connectivity index (χ3n) is 3.49. The van der Waals surface area contributed by atoms with Crippen LogP contribution in [0.1, 0.15) is 92.9 Å². The SMILES string of the molecule is CCCCC(C)CC.CCCCC(C)CC.O=P(O)(O)O.O=P(O)(O)O. The molecule has 0 aromatic rings. The maximum absolute atomic E-state index is 8.88. The highest BCUT2D eigenvalue weighted by molar-refractivity contribution is 7.45. The van der Waals surface area contributed by atoms with Gasteiger partial charge in [0.1, 0.15) is 0 Å². The fourth-order valence-corrected chi connectivity index (χ4v) is 1.51. The molecule has 0 fully saturated rings. The fourth-order valence-electron chi connectivity index (χ4n) is 1.51. The highest BCUT2D eigenvalue weighted by Crippen LogP contribution is 2.26. The highest BCUT2D eigenvalue weighted by Gasteiger charge is 2.00. The maximum Gasteiger partial charge on any atom is 0.466 e. The van der Waals surface area contributed by atoms with E-state index in [0.717, 1.165) is 11.8 Å². The first-order chi connectivity index (χ1) is 11.6. The van der Waals surface area contributed by atoms with Crippen LogP contribution in [0.2, 0.25) is 0 Å². The van der Waals surface area contributed by atoms with Crippen molar-refractivity contribution in [3.8, 4) is 0 Å². The first kappa shape index (κ1) is 33.8. The normalized spacial score (nSPS) is 13.1. The summed E-state index contributed by atoms with van der Waals surface area (Å²) in [6, 6.07) is 0. The molecule has 8 nitrogen and oxygen atoms in total. The zero-order valence-corrected chi connectivity index (χ0v) is 19.0. The predicted molar refractivity (Wildman–Crippen MR) is 106 cm³/mol. The maximum atomic E-state index is 8.88. The lowest BCUT2D eigenvalue weighted by Gasteiger charge is -2.04. The lowest BCUT2D eigenvalue weighted by molar-refractivity contribution is 0.272. The second kappa shape index (κ2) is 21.5. The van der Waals surface area contributed by atoms with Crippen LogP contribution < -0.4 is 0 Å². The molecule has 164 valence electrons. The molecule has 0 bridgehead atoms. The lowest BCUT2D eigenvalue weighted by atomic mass is 10.0. The highest BCUT2D eigenvalue weighted by atomic mass is 31.2. The quantitative estimate of drug-likeness (QED) is 0.309. The monoisotopic (exact) mass is 424 g/mol. The van der Waals surface area contributed by atoms with Crippen LogP contribution in [0.3, 0.4) is 0 Å². The van der Waals surface area contributed by atoms with Crippen molar-refractivity contribution in [1.82, 2.24) is 0 Å². The van der Waals surface area contributed by atoms with Crippen molar-refractivity contribution < 1.29 is 38.5 Å². The molecule has 0 amide bonds. The van der Waals surface area contributed by atoms with Gasteiger partial charge in [-0.05, 0) is 11.8 Å². The summed E-state index contributed by atoms with van der Waals surface area (Å²) in [7, 11) is -9.28. The van der Waals surface area contributed by atoms with Crippen LogP contribution in [0.5, 0.6) is 0 Å². The van der Waals surface area contributed by atoms with Crippen molar-refractivity contribution in [2.45, 2.75) is 92.9 Å². The molecule has 0 heterocycles. The smallest absolute Gasteiger partial charge is 0.303 e. The van der Waals surface area contributed by atoms with Crippen molar-refractivity contribution in [3.63, 3.8) is 0 Å². The van der Waals surface area contributed by atoms with Gasteiger partial charge in [-0.3, -0.25) is 0 Å². The Bertz CT molecular complexity index is 304. The molecular formula is C16H42O8P2. The predicted octanol–water partition coefficient (Wildman–Crippen LogP) is 4.59. The topological polar surface area (TPSA) is 156 Å². The Kier molecular flexibility index (Phi) is 28.0. The average molecular weight is 424 g/mol. The van der Waals surface area contributed by atoms with Gasteiger partial charge in [-0.1, -0.05) is 92.9 Å². The molecule has 2 unspecified atom stereocenters. The van der Waals surface area contributed by atoms with E-state index in [1.54, 1.807) is 0 Å². The lowest BCUT2D eigenvalue weighted by Crippen LogP contribution is -1.89. The first-order valence-electron chi connectivity index (χ1n) is 9.18. The largest absolute Gasteiger partial charge is 0.466 e. The van der Waals surface area contributed by atoms with Crippen molar-refractivity contribution in [2.75, 3.05) is 0 Å². The van der Waals surface area contributed by atoms with E-state index in [9.17, 15) is 0 Å². The molecule has 0 saturated heterocycles. The molecule has 0 aromatic carbocycles. The van der Waals surface area contributed by atoms with E-state index in [-0.39, 0.29) is 0 Å². The summed E-state index contributed by atoms with van der Waals surface area (Å²) < 4.78 is 17.8. The van der Waals surface area contributed by atoms with Gasteiger partial charge in [0.2, 0.25) is 0 Å². The summed E-state index contributed by atoms with van der Waals surface area (Å²) in [6.07, 6.45) is 11.1. The molecule has 0 radical (unpaired) electrons. The van der Waals surface area contributed by atoms with E-state index < -0.39 is 15.6 Å². The van der Waals surface area contributed by atoms with Gasteiger partial charge in [-0.15, -0.1) is 0 Å². The summed E-state index contributed by atoms with van der Waals surface area (Å²) in [6.45, 7) is 13.7. The van der Waals surface area contributed by atoms with E-state index in [1.807, 2.05) is 0 Å². The Morgan fingerprint density at radius 1 is 0.615 bits per heavy atom. The fraction of sp³-hybridized carbons (Fsp3) is 1.00. The molecule has 6 N–H and O–H groups in total. The zero-order chi connectivity index (χ0) is 21.8. The minimum Gasteiger partial charge on any atom is -0.303 e. The minimum absolute atomic E-state index is 0.954. The van der Waals surface area contributed by atoms with Crippen LogP contribution in [-0.2, 0) is 9.13 Å². The number of phosphoric acid groups is 2. The van der Waals surface area contributed by atoms with Gasteiger partial charge in [0.15, 0.2) is 0 Å². The Morgan fingerprint density at radius 3 is 0.923 bits per heavy atom. The molecule has 0 aliphatic rings. The summed E-state index contributed by atoms with van der Waals surface area (Å²) in [5.41, 5.74) is 0. The van der Waals surface area contributed by atoms with Crippen molar-refractivity contribution in [3.05, 3.63) is 0 Å². The van der Waals surface area contributed by atoms with Crippen LogP contribution in [0, 0.1) is 11.8 Å². The van der Waals surface area contributed by atoms with Crippen LogP contribution in [-0.4, -0.2) is 29.4 Å². The van der Waals surface area contributed by atoms with Crippen LogP contribution in [0.15, 0.2) is 0 Å². The van der Waals surface area contributed by atoms with Gasteiger partial charge in [-0.25, -0.2) is 9.13 Å². The molecule has 10 heteroatoms. The Balaban J connectivity index is -0.000000127. The van der Waals surface area contributed by atoms with Gasteiger partial charge in [0.25, 0.3) is 0 Å². The van der Waals surface area contributed by atoms with Crippen molar-refractivity contribution in [2.24, 2.45) is 11.8 Å². The number of rotatable bonds is 8. The molecular weight excluding hydrogens is 382 g/mol. The summed E-state index contributed by atoms with van der Waals surface area (Å²) in [5.74, 6) is 1.91. The molecule has 0 saturated carbocycles. The number of unbranched alkanes of at least 4 members (excludes halogenated alkanes) is 2. The van der Waals surface area contributed by atoms with E-state index in [0.29, 0.717) is 0 Å². The zero-order valence-electron chi connectivity index (χ0n) is 17.2. The van der Waals surface area contributed by atoms with Crippen LogP contribution in [0.25, 0.3) is 0 Å². The second-order valence-electron chi connectivity index (χ2n) is 6.34. The standard InChI is InChI=1S/2C8H18.2H3O4P/c2*1-4-6-7-8(3)5-2;2*1-5(2,3)4/h2*8H,4-7H2,1-3H3;2*(H3,1,2,3,4). The van der Waals surface area contributed by atoms with Crippen LogP contribution in [0.4, 0.5) is 0 Å². The third kappa shape index (κ3) is 87.4. The van der Waals surface area contributed by atoms with Crippen molar-refractivity contribution in [1.29, 1.82) is 0 Å². The first-order valence-corrected chi connectivity index (χ1v) is 12.3. The van der Waals surface area contributed by atoms with E-state index >= 15 is 0 Å². The minimum atomic E-state index is -4.64. The van der Waals surface area contributed by atoms with Gasteiger partial charge in [-0.2, -0.15) is 0 Å².